The topological polar surface area (TPSA) is 76.0 Å². The van der Waals surface area contributed by atoms with Crippen LogP contribution in [0.2, 0.25) is 0 Å². The van der Waals surface area contributed by atoms with E-state index in [1.165, 1.54) is 0 Å². The molecule has 0 saturated heterocycles. The highest BCUT2D eigenvalue weighted by Gasteiger charge is 2.29. The second-order valence-corrected chi connectivity index (χ2v) is 6.51. The van der Waals surface area contributed by atoms with Crippen LogP contribution in [0, 0.1) is 5.92 Å². The van der Waals surface area contributed by atoms with E-state index in [1.807, 2.05) is 59.2 Å². The fraction of sp³-hybridized carbons (Fsp3) is 0.250. The summed E-state index contributed by atoms with van der Waals surface area (Å²) in [6, 6.07) is 17.0. The van der Waals surface area contributed by atoms with Gasteiger partial charge in [0.1, 0.15) is 12.4 Å². The summed E-state index contributed by atoms with van der Waals surface area (Å²) in [5, 5.41) is 5.82. The highest BCUT2D eigenvalue weighted by atomic mass is 16.2. The van der Waals surface area contributed by atoms with Gasteiger partial charge in [-0.3, -0.25) is 9.59 Å². The van der Waals surface area contributed by atoms with Crippen LogP contribution in [-0.2, 0) is 22.7 Å². The minimum Gasteiger partial charge on any atom is -0.349 e. The molecule has 2 N–H and O–H groups in total. The van der Waals surface area contributed by atoms with E-state index >= 15 is 0 Å². The Morgan fingerprint density at radius 3 is 2.54 bits per heavy atom. The van der Waals surface area contributed by atoms with Crippen molar-refractivity contribution < 1.29 is 9.59 Å². The summed E-state index contributed by atoms with van der Waals surface area (Å²) >= 11 is 0. The molecule has 2 aromatic carbocycles. The van der Waals surface area contributed by atoms with E-state index in [9.17, 15) is 9.59 Å². The number of carbonyl (C=O) groups excluding carboxylic acids is 2. The fourth-order valence-corrected chi connectivity index (χ4v) is 2.96. The lowest BCUT2D eigenvalue weighted by Crippen LogP contribution is -2.27. The molecule has 26 heavy (non-hydrogen) atoms. The standard InChI is InChI=1S/C20H20N4O2/c25-19(22-15-6-2-1-3-7-15)13-24-17-9-5-4-8-16(17)23-18(24)12-21-20(26)14-10-11-14/h1-9,14H,10-13H2,(H,21,26)(H,22,25). The Balaban J connectivity index is 1.54. The van der Waals surface area contributed by atoms with Crippen LogP contribution in [0.25, 0.3) is 11.0 Å². The minimum absolute atomic E-state index is 0.0670. The molecule has 1 aliphatic carbocycles. The molecule has 1 aromatic heterocycles. The molecular weight excluding hydrogens is 328 g/mol. The summed E-state index contributed by atoms with van der Waals surface area (Å²) in [6.45, 7) is 0.465. The average Bonchev–Trinajstić information content (AvgIpc) is 3.45. The van der Waals surface area contributed by atoms with Gasteiger partial charge in [-0.15, -0.1) is 0 Å². The smallest absolute Gasteiger partial charge is 0.244 e. The van der Waals surface area contributed by atoms with Crippen LogP contribution in [0.1, 0.15) is 18.7 Å². The number of para-hydroxylation sites is 3. The Hall–Kier alpha value is -3.15. The van der Waals surface area contributed by atoms with Gasteiger partial charge in [0, 0.05) is 11.6 Å². The molecule has 0 spiro atoms. The van der Waals surface area contributed by atoms with E-state index in [0.717, 1.165) is 29.6 Å². The summed E-state index contributed by atoms with van der Waals surface area (Å²) in [4.78, 5) is 29.0. The average molecular weight is 348 g/mol. The van der Waals surface area contributed by atoms with Crippen LogP contribution in [0.4, 0.5) is 5.69 Å². The largest absolute Gasteiger partial charge is 0.349 e. The van der Waals surface area contributed by atoms with Crippen molar-refractivity contribution in [2.45, 2.75) is 25.9 Å². The molecule has 1 saturated carbocycles. The van der Waals surface area contributed by atoms with Gasteiger partial charge in [0.15, 0.2) is 0 Å². The number of anilines is 1. The van der Waals surface area contributed by atoms with Gasteiger partial charge in [0.05, 0.1) is 17.6 Å². The lowest BCUT2D eigenvalue weighted by molar-refractivity contribution is -0.122. The minimum atomic E-state index is -0.130. The van der Waals surface area contributed by atoms with Gasteiger partial charge in [-0.2, -0.15) is 0 Å². The Labute approximate surface area is 151 Å². The Morgan fingerprint density at radius 2 is 1.77 bits per heavy atom. The van der Waals surface area contributed by atoms with E-state index in [2.05, 4.69) is 15.6 Å². The first-order chi connectivity index (χ1) is 12.7. The normalized spacial score (nSPS) is 13.5. The number of hydrogen-bond acceptors (Lipinski definition) is 3. The maximum Gasteiger partial charge on any atom is 0.244 e. The Bertz CT molecular complexity index is 945. The van der Waals surface area contributed by atoms with Crippen molar-refractivity contribution in [1.29, 1.82) is 0 Å². The van der Waals surface area contributed by atoms with Crippen LogP contribution in [0.3, 0.4) is 0 Å². The molecule has 132 valence electrons. The molecule has 0 bridgehead atoms. The third-order valence-electron chi connectivity index (χ3n) is 4.46. The van der Waals surface area contributed by atoms with Crippen LogP contribution >= 0.6 is 0 Å². The molecule has 0 radical (unpaired) electrons. The molecule has 1 fully saturated rings. The van der Waals surface area contributed by atoms with E-state index in [0.29, 0.717) is 12.4 Å². The first kappa shape index (κ1) is 16.3. The third-order valence-corrected chi connectivity index (χ3v) is 4.46. The Morgan fingerprint density at radius 1 is 1.04 bits per heavy atom. The van der Waals surface area contributed by atoms with Crippen molar-refractivity contribution in [3.05, 3.63) is 60.4 Å². The lowest BCUT2D eigenvalue weighted by atomic mass is 10.3. The summed E-state index contributed by atoms with van der Waals surface area (Å²) in [7, 11) is 0. The quantitative estimate of drug-likeness (QED) is 0.719. The highest BCUT2D eigenvalue weighted by Crippen LogP contribution is 2.28. The Kier molecular flexibility index (Phi) is 4.39. The SMILES string of the molecule is O=C(Cn1c(CNC(=O)C2CC2)nc2ccccc21)Nc1ccccc1. The first-order valence-electron chi connectivity index (χ1n) is 8.77. The van der Waals surface area contributed by atoms with Crippen molar-refractivity contribution in [3.8, 4) is 0 Å². The number of rotatable bonds is 6. The fourth-order valence-electron chi connectivity index (χ4n) is 2.96. The van der Waals surface area contributed by atoms with Gasteiger partial charge in [0.2, 0.25) is 11.8 Å². The predicted octanol–water partition coefficient (Wildman–Crippen LogP) is 2.70. The third kappa shape index (κ3) is 3.59. The number of aromatic nitrogens is 2. The van der Waals surface area contributed by atoms with Crippen LogP contribution in [0.15, 0.2) is 54.6 Å². The van der Waals surface area contributed by atoms with Crippen LogP contribution in [0.5, 0.6) is 0 Å². The van der Waals surface area contributed by atoms with Gasteiger partial charge >= 0.3 is 0 Å². The first-order valence-corrected chi connectivity index (χ1v) is 8.77. The number of nitrogens with zero attached hydrogens (tertiary/aromatic N) is 2. The molecule has 1 aliphatic rings. The van der Waals surface area contributed by atoms with Crippen molar-refractivity contribution in [3.63, 3.8) is 0 Å². The van der Waals surface area contributed by atoms with Gasteiger partial charge in [-0.1, -0.05) is 30.3 Å². The number of benzene rings is 2. The van der Waals surface area contributed by atoms with Gasteiger partial charge in [-0.25, -0.2) is 4.98 Å². The second-order valence-electron chi connectivity index (χ2n) is 6.51. The van der Waals surface area contributed by atoms with Crippen LogP contribution < -0.4 is 10.6 Å². The zero-order valence-corrected chi connectivity index (χ0v) is 14.3. The number of carbonyl (C=O) groups is 2. The zero-order chi connectivity index (χ0) is 17.9. The van der Waals surface area contributed by atoms with Gasteiger partial charge < -0.3 is 15.2 Å². The molecule has 0 atom stereocenters. The molecule has 4 rings (SSSR count). The summed E-state index contributed by atoms with van der Waals surface area (Å²) < 4.78 is 1.86. The maximum absolute atomic E-state index is 12.5. The molecule has 3 aromatic rings. The number of hydrogen-bond donors (Lipinski definition) is 2. The molecule has 0 aliphatic heterocycles. The van der Waals surface area contributed by atoms with E-state index in [1.54, 1.807) is 0 Å². The number of fused-ring (bicyclic) bond motifs is 1. The predicted molar refractivity (Wildman–Crippen MR) is 99.4 cm³/mol. The molecule has 1 heterocycles. The van der Waals surface area contributed by atoms with Crippen molar-refractivity contribution in [1.82, 2.24) is 14.9 Å². The van der Waals surface area contributed by atoms with E-state index in [4.69, 9.17) is 0 Å². The van der Waals surface area contributed by atoms with Gasteiger partial charge in [0.25, 0.3) is 0 Å². The molecule has 6 nitrogen and oxygen atoms in total. The monoisotopic (exact) mass is 348 g/mol. The summed E-state index contributed by atoms with van der Waals surface area (Å²) in [6.07, 6.45) is 1.92. The van der Waals surface area contributed by atoms with Crippen molar-refractivity contribution in [2.24, 2.45) is 5.92 Å². The van der Waals surface area contributed by atoms with E-state index < -0.39 is 0 Å². The van der Waals surface area contributed by atoms with Gasteiger partial charge in [-0.05, 0) is 37.1 Å². The molecule has 2 amide bonds. The summed E-state index contributed by atoms with van der Waals surface area (Å²) in [5.41, 5.74) is 2.45. The summed E-state index contributed by atoms with van der Waals surface area (Å²) in [5.74, 6) is 0.768. The zero-order valence-electron chi connectivity index (χ0n) is 14.3. The van der Waals surface area contributed by atoms with Crippen molar-refractivity contribution >= 4 is 28.5 Å². The second kappa shape index (κ2) is 7.00. The lowest BCUT2D eigenvalue weighted by Gasteiger charge is -2.11. The number of amides is 2. The molecular formula is C20H20N4O2. The van der Waals surface area contributed by atoms with Crippen molar-refractivity contribution in [2.75, 3.05) is 5.32 Å². The number of imidazole rings is 1. The molecule has 0 unspecified atom stereocenters. The molecule has 6 heteroatoms. The van der Waals surface area contributed by atoms with Crippen LogP contribution in [-0.4, -0.2) is 21.4 Å². The number of nitrogens with one attached hydrogen (secondary N) is 2. The van der Waals surface area contributed by atoms with E-state index in [-0.39, 0.29) is 24.3 Å². The maximum atomic E-state index is 12.5. The highest BCUT2D eigenvalue weighted by molar-refractivity contribution is 5.91.